The van der Waals surface area contributed by atoms with Gasteiger partial charge in [0.15, 0.2) is 0 Å². The summed E-state index contributed by atoms with van der Waals surface area (Å²) < 4.78 is 0. The van der Waals surface area contributed by atoms with Crippen molar-refractivity contribution in [3.8, 4) is 0 Å². The minimum atomic E-state index is 0.690. The van der Waals surface area contributed by atoms with Crippen LogP contribution in [0.15, 0.2) is 11.7 Å². The number of thiazole rings is 1. The lowest BCUT2D eigenvalue weighted by atomic mass is 10.3. The molecule has 2 heterocycles. The maximum atomic E-state index is 4.42. The Morgan fingerprint density at radius 2 is 1.89 bits per heavy atom. The Kier molecular flexibility index (Phi) is 4.68. The Morgan fingerprint density at radius 1 is 1.16 bits per heavy atom. The second kappa shape index (κ2) is 6.47. The summed E-state index contributed by atoms with van der Waals surface area (Å²) in [5.41, 5.74) is 2.09. The topological polar surface area (TPSA) is 62.7 Å². The van der Waals surface area contributed by atoms with Gasteiger partial charge in [-0.05, 0) is 20.3 Å². The molecule has 102 valence electrons. The average Bonchev–Trinajstić information content (AvgIpc) is 2.82. The van der Waals surface area contributed by atoms with Gasteiger partial charge in [-0.1, -0.05) is 6.92 Å². The highest BCUT2D eigenvalue weighted by Crippen LogP contribution is 2.19. The fourth-order valence-corrected chi connectivity index (χ4v) is 2.33. The van der Waals surface area contributed by atoms with E-state index in [4.69, 9.17) is 0 Å². The lowest BCUT2D eigenvalue weighted by molar-refractivity contribution is 0.955. The first-order valence-corrected chi connectivity index (χ1v) is 7.29. The zero-order valence-corrected chi connectivity index (χ0v) is 12.3. The van der Waals surface area contributed by atoms with Crippen LogP contribution in [-0.2, 0) is 6.54 Å². The molecular weight excluding hydrogens is 258 g/mol. The first-order chi connectivity index (χ1) is 9.20. The molecule has 2 N–H and O–H groups in total. The van der Waals surface area contributed by atoms with Gasteiger partial charge in [0.05, 0.1) is 17.2 Å². The molecule has 0 bridgehead atoms. The van der Waals surface area contributed by atoms with Crippen LogP contribution in [0.2, 0.25) is 0 Å². The predicted octanol–water partition coefficient (Wildman–Crippen LogP) is 2.98. The maximum absolute atomic E-state index is 4.42. The number of aryl methyl sites for hydroxylation is 1. The largest absolute Gasteiger partial charge is 0.370 e. The van der Waals surface area contributed by atoms with E-state index in [0.29, 0.717) is 6.54 Å². The van der Waals surface area contributed by atoms with Crippen LogP contribution in [0.3, 0.4) is 0 Å². The molecule has 0 spiro atoms. The van der Waals surface area contributed by atoms with Crippen LogP contribution in [0.5, 0.6) is 0 Å². The molecule has 2 aromatic rings. The molecule has 0 radical (unpaired) electrons. The summed E-state index contributed by atoms with van der Waals surface area (Å²) in [6.45, 7) is 7.77. The highest BCUT2D eigenvalue weighted by molar-refractivity contribution is 7.09. The maximum Gasteiger partial charge on any atom is 0.134 e. The summed E-state index contributed by atoms with van der Waals surface area (Å²) in [6, 6.07) is 0. The summed E-state index contributed by atoms with van der Waals surface area (Å²) in [4.78, 5) is 13.0. The monoisotopic (exact) mass is 277 g/mol. The third-order valence-electron chi connectivity index (χ3n) is 2.73. The molecule has 0 aliphatic carbocycles. The van der Waals surface area contributed by atoms with Crippen molar-refractivity contribution in [1.82, 2.24) is 15.0 Å². The van der Waals surface area contributed by atoms with Gasteiger partial charge in [-0.3, -0.25) is 0 Å². The number of anilines is 2. The molecule has 19 heavy (non-hydrogen) atoms. The van der Waals surface area contributed by atoms with Crippen molar-refractivity contribution in [2.45, 2.75) is 33.7 Å². The van der Waals surface area contributed by atoms with Gasteiger partial charge in [-0.2, -0.15) is 0 Å². The Bertz CT molecular complexity index is 538. The van der Waals surface area contributed by atoms with E-state index in [2.05, 4.69) is 37.9 Å². The van der Waals surface area contributed by atoms with Gasteiger partial charge >= 0.3 is 0 Å². The van der Waals surface area contributed by atoms with Crippen molar-refractivity contribution in [2.75, 3.05) is 17.2 Å². The van der Waals surface area contributed by atoms with E-state index in [-0.39, 0.29) is 0 Å². The van der Waals surface area contributed by atoms with Crippen LogP contribution in [0.4, 0.5) is 11.6 Å². The Balaban J connectivity index is 2.03. The number of nitrogens with one attached hydrogen (secondary N) is 2. The summed E-state index contributed by atoms with van der Waals surface area (Å²) in [7, 11) is 0. The van der Waals surface area contributed by atoms with E-state index >= 15 is 0 Å². The molecule has 2 aromatic heterocycles. The fraction of sp³-hybridized carbons (Fsp3) is 0.462. The summed E-state index contributed by atoms with van der Waals surface area (Å²) in [5.74, 6) is 1.76. The molecule has 0 aliphatic heterocycles. The van der Waals surface area contributed by atoms with Crippen LogP contribution < -0.4 is 10.6 Å². The summed E-state index contributed by atoms with van der Waals surface area (Å²) in [6.07, 6.45) is 2.66. The van der Waals surface area contributed by atoms with Crippen molar-refractivity contribution in [2.24, 2.45) is 0 Å². The highest BCUT2D eigenvalue weighted by Gasteiger charge is 2.06. The van der Waals surface area contributed by atoms with Crippen molar-refractivity contribution < 1.29 is 0 Å². The third kappa shape index (κ3) is 3.64. The molecule has 0 saturated heterocycles. The minimum Gasteiger partial charge on any atom is -0.370 e. The normalized spacial score (nSPS) is 10.5. The van der Waals surface area contributed by atoms with Crippen LogP contribution in [0.25, 0.3) is 0 Å². The summed E-state index contributed by atoms with van der Waals surface area (Å²) >= 11 is 1.66. The lowest BCUT2D eigenvalue weighted by Gasteiger charge is -2.11. The van der Waals surface area contributed by atoms with Gasteiger partial charge in [0.2, 0.25) is 0 Å². The van der Waals surface area contributed by atoms with Crippen molar-refractivity contribution in [3.63, 3.8) is 0 Å². The molecule has 6 heteroatoms. The molecule has 0 aromatic carbocycles. The molecule has 0 saturated carbocycles. The Labute approximate surface area is 117 Å². The van der Waals surface area contributed by atoms with E-state index in [1.54, 1.807) is 17.7 Å². The van der Waals surface area contributed by atoms with Gasteiger partial charge < -0.3 is 10.6 Å². The molecule has 0 atom stereocenters. The zero-order chi connectivity index (χ0) is 13.7. The van der Waals surface area contributed by atoms with Crippen molar-refractivity contribution >= 4 is 23.0 Å². The summed E-state index contributed by atoms with van der Waals surface area (Å²) in [5, 5.41) is 9.76. The smallest absolute Gasteiger partial charge is 0.134 e. The van der Waals surface area contributed by atoms with Gasteiger partial charge in [0.1, 0.15) is 18.0 Å². The molecule has 0 unspecified atom stereocenters. The van der Waals surface area contributed by atoms with Gasteiger partial charge in [-0.25, -0.2) is 15.0 Å². The van der Waals surface area contributed by atoms with Gasteiger partial charge in [0.25, 0.3) is 0 Å². The predicted molar refractivity (Wildman–Crippen MR) is 79.7 cm³/mol. The molecule has 2 rings (SSSR count). The second-order valence-electron chi connectivity index (χ2n) is 4.33. The van der Waals surface area contributed by atoms with Crippen LogP contribution in [0.1, 0.15) is 29.6 Å². The minimum absolute atomic E-state index is 0.690. The Hall–Kier alpha value is -1.69. The van der Waals surface area contributed by atoms with Crippen molar-refractivity contribution in [3.05, 3.63) is 28.0 Å². The van der Waals surface area contributed by atoms with E-state index in [1.807, 2.05) is 13.8 Å². The number of hydrogen-bond acceptors (Lipinski definition) is 6. The highest BCUT2D eigenvalue weighted by atomic mass is 32.1. The van der Waals surface area contributed by atoms with E-state index in [9.17, 15) is 0 Å². The van der Waals surface area contributed by atoms with Crippen LogP contribution >= 0.6 is 11.3 Å². The Morgan fingerprint density at radius 3 is 2.53 bits per heavy atom. The first kappa shape index (κ1) is 13.7. The lowest BCUT2D eigenvalue weighted by Crippen LogP contribution is -2.09. The third-order valence-corrected chi connectivity index (χ3v) is 3.55. The quantitative estimate of drug-likeness (QED) is 0.850. The molecule has 0 aliphatic rings. The van der Waals surface area contributed by atoms with Crippen molar-refractivity contribution in [1.29, 1.82) is 0 Å². The SMILES string of the molecule is CCCNc1ncnc(NCc2csc(C)n2)c1C. The van der Waals surface area contributed by atoms with Gasteiger partial charge in [0, 0.05) is 17.5 Å². The van der Waals surface area contributed by atoms with Crippen LogP contribution in [-0.4, -0.2) is 21.5 Å². The van der Waals surface area contributed by atoms with E-state index < -0.39 is 0 Å². The fourth-order valence-electron chi connectivity index (χ4n) is 1.71. The molecule has 0 fully saturated rings. The first-order valence-electron chi connectivity index (χ1n) is 6.41. The average molecular weight is 277 g/mol. The van der Waals surface area contributed by atoms with E-state index in [0.717, 1.165) is 40.9 Å². The van der Waals surface area contributed by atoms with E-state index in [1.165, 1.54) is 0 Å². The second-order valence-corrected chi connectivity index (χ2v) is 5.40. The standard InChI is InChI=1S/C13H19N5S/c1-4-5-14-12-9(2)13(17-8-16-12)15-6-11-7-19-10(3)18-11/h7-8H,4-6H2,1-3H3,(H2,14,15,16,17). The number of aromatic nitrogens is 3. The molecular formula is C13H19N5S. The zero-order valence-electron chi connectivity index (χ0n) is 11.5. The number of nitrogens with zero attached hydrogens (tertiary/aromatic N) is 3. The van der Waals surface area contributed by atoms with Crippen LogP contribution in [0, 0.1) is 13.8 Å². The molecule has 5 nitrogen and oxygen atoms in total. The number of rotatable bonds is 6. The number of hydrogen-bond donors (Lipinski definition) is 2. The van der Waals surface area contributed by atoms with Gasteiger partial charge in [-0.15, -0.1) is 11.3 Å². The molecule has 0 amide bonds.